The molecule has 156 valence electrons. The molecule has 4 rings (SSSR count). The first-order valence-corrected chi connectivity index (χ1v) is 10.7. The van der Waals surface area contributed by atoms with Gasteiger partial charge in [-0.3, -0.25) is 24.6 Å². The molecule has 3 unspecified atom stereocenters. The zero-order valence-corrected chi connectivity index (χ0v) is 17.0. The fourth-order valence-corrected chi connectivity index (χ4v) is 5.07. The molecule has 2 fully saturated rings. The third kappa shape index (κ3) is 3.94. The molecule has 29 heavy (non-hydrogen) atoms. The van der Waals surface area contributed by atoms with E-state index in [0.717, 1.165) is 50.0 Å². The maximum atomic E-state index is 13.0. The van der Waals surface area contributed by atoms with E-state index in [1.54, 1.807) is 4.90 Å². The standard InChI is InChI=1S/C22H30N4O3/c1-14-11-15(7-9-23)8-10-25(14)12-16-3-2-4-17-18(16)13-26(22(17)29)19-5-6-20(27)24-21(19)28/h2-4,14-15,19H,5-13,23H2,1H3,(H,24,27,28). The predicted octanol–water partition coefficient (Wildman–Crippen LogP) is 1.40. The van der Waals surface area contributed by atoms with Crippen LogP contribution in [0.25, 0.3) is 0 Å². The Morgan fingerprint density at radius 1 is 1.21 bits per heavy atom. The number of benzene rings is 1. The molecule has 0 bridgehead atoms. The van der Waals surface area contributed by atoms with Gasteiger partial charge < -0.3 is 10.6 Å². The maximum absolute atomic E-state index is 13.0. The molecule has 0 spiro atoms. The summed E-state index contributed by atoms with van der Waals surface area (Å²) in [4.78, 5) is 40.8. The monoisotopic (exact) mass is 398 g/mol. The number of likely N-dealkylation sites (tertiary alicyclic amines) is 1. The second kappa shape index (κ2) is 8.24. The summed E-state index contributed by atoms with van der Waals surface area (Å²) in [6.07, 6.45) is 4.09. The lowest BCUT2D eigenvalue weighted by atomic mass is 9.88. The van der Waals surface area contributed by atoms with Gasteiger partial charge >= 0.3 is 0 Å². The normalized spacial score (nSPS) is 27.9. The summed E-state index contributed by atoms with van der Waals surface area (Å²) < 4.78 is 0. The Kier molecular flexibility index (Phi) is 5.69. The minimum atomic E-state index is -0.564. The minimum absolute atomic E-state index is 0.106. The average Bonchev–Trinajstić information content (AvgIpc) is 3.02. The van der Waals surface area contributed by atoms with E-state index < -0.39 is 6.04 Å². The van der Waals surface area contributed by atoms with Crippen LogP contribution in [0.2, 0.25) is 0 Å². The summed E-state index contributed by atoms with van der Waals surface area (Å²) in [7, 11) is 0. The molecule has 3 aliphatic heterocycles. The Bertz CT molecular complexity index is 824. The van der Waals surface area contributed by atoms with Crippen molar-refractivity contribution in [3.05, 3.63) is 34.9 Å². The van der Waals surface area contributed by atoms with Crippen molar-refractivity contribution in [1.82, 2.24) is 15.1 Å². The van der Waals surface area contributed by atoms with Crippen molar-refractivity contribution in [3.8, 4) is 0 Å². The van der Waals surface area contributed by atoms with E-state index in [1.165, 1.54) is 0 Å². The van der Waals surface area contributed by atoms with Crippen LogP contribution < -0.4 is 11.1 Å². The van der Waals surface area contributed by atoms with Gasteiger partial charge in [-0.05, 0) is 68.8 Å². The number of fused-ring (bicyclic) bond motifs is 1. The largest absolute Gasteiger partial charge is 0.330 e. The van der Waals surface area contributed by atoms with Gasteiger partial charge in [0.25, 0.3) is 5.91 Å². The molecular formula is C22H30N4O3. The van der Waals surface area contributed by atoms with Crippen molar-refractivity contribution in [2.24, 2.45) is 11.7 Å². The van der Waals surface area contributed by atoms with Crippen LogP contribution >= 0.6 is 0 Å². The van der Waals surface area contributed by atoms with Crippen LogP contribution in [0.15, 0.2) is 18.2 Å². The summed E-state index contributed by atoms with van der Waals surface area (Å²) in [6.45, 7) is 5.32. The number of nitrogens with two attached hydrogens (primary N) is 1. The van der Waals surface area contributed by atoms with Gasteiger partial charge in [-0.25, -0.2) is 0 Å². The highest BCUT2D eigenvalue weighted by molar-refractivity contribution is 6.05. The lowest BCUT2D eigenvalue weighted by Gasteiger charge is -2.38. The number of imide groups is 1. The van der Waals surface area contributed by atoms with Gasteiger partial charge in [0.1, 0.15) is 6.04 Å². The molecule has 0 saturated carbocycles. The highest BCUT2D eigenvalue weighted by atomic mass is 16.2. The van der Waals surface area contributed by atoms with E-state index in [4.69, 9.17) is 5.73 Å². The Labute approximate surface area is 171 Å². The maximum Gasteiger partial charge on any atom is 0.255 e. The van der Waals surface area contributed by atoms with Crippen LogP contribution in [0, 0.1) is 5.92 Å². The number of nitrogens with zero attached hydrogens (tertiary/aromatic N) is 2. The van der Waals surface area contributed by atoms with Crippen LogP contribution in [0.5, 0.6) is 0 Å². The van der Waals surface area contributed by atoms with Crippen LogP contribution in [0.3, 0.4) is 0 Å². The molecular weight excluding hydrogens is 368 g/mol. The molecule has 3 heterocycles. The van der Waals surface area contributed by atoms with Gasteiger partial charge in [-0.15, -0.1) is 0 Å². The molecule has 1 aromatic carbocycles. The lowest BCUT2D eigenvalue weighted by Crippen LogP contribution is -2.52. The third-order valence-electron chi connectivity index (χ3n) is 6.75. The Morgan fingerprint density at radius 2 is 2.03 bits per heavy atom. The molecule has 0 aliphatic carbocycles. The first kappa shape index (κ1) is 20.0. The molecule has 3 atom stereocenters. The topological polar surface area (TPSA) is 95.7 Å². The summed E-state index contributed by atoms with van der Waals surface area (Å²) in [5.74, 6) is -0.0222. The van der Waals surface area contributed by atoms with Crippen molar-refractivity contribution < 1.29 is 14.4 Å². The molecule has 0 radical (unpaired) electrons. The number of hydrogen-bond donors (Lipinski definition) is 2. The Balaban J connectivity index is 1.49. The van der Waals surface area contributed by atoms with Crippen LogP contribution in [0.4, 0.5) is 0 Å². The first-order valence-electron chi connectivity index (χ1n) is 10.7. The van der Waals surface area contributed by atoms with E-state index >= 15 is 0 Å². The highest BCUT2D eigenvalue weighted by Gasteiger charge is 2.40. The van der Waals surface area contributed by atoms with Crippen LogP contribution in [0.1, 0.15) is 60.5 Å². The zero-order chi connectivity index (χ0) is 20.5. The summed E-state index contributed by atoms with van der Waals surface area (Å²) in [5.41, 5.74) is 8.61. The van der Waals surface area contributed by atoms with E-state index in [1.807, 2.05) is 12.1 Å². The van der Waals surface area contributed by atoms with Crippen LogP contribution in [-0.2, 0) is 22.7 Å². The Morgan fingerprint density at radius 3 is 2.76 bits per heavy atom. The quantitative estimate of drug-likeness (QED) is 0.731. The van der Waals surface area contributed by atoms with Crippen molar-refractivity contribution in [2.75, 3.05) is 13.1 Å². The van der Waals surface area contributed by atoms with Crippen molar-refractivity contribution >= 4 is 17.7 Å². The number of hydrogen-bond acceptors (Lipinski definition) is 5. The van der Waals surface area contributed by atoms with E-state index in [9.17, 15) is 14.4 Å². The fraction of sp³-hybridized carbons (Fsp3) is 0.591. The van der Waals surface area contributed by atoms with Gasteiger partial charge in [0.05, 0.1) is 0 Å². The molecule has 3 amide bonds. The second-order valence-corrected chi connectivity index (χ2v) is 8.63. The summed E-state index contributed by atoms with van der Waals surface area (Å²) in [6, 6.07) is 5.81. The third-order valence-corrected chi connectivity index (χ3v) is 6.75. The molecule has 7 nitrogen and oxygen atoms in total. The lowest BCUT2D eigenvalue weighted by molar-refractivity contribution is -0.136. The summed E-state index contributed by atoms with van der Waals surface area (Å²) >= 11 is 0. The molecule has 0 aromatic heterocycles. The molecule has 7 heteroatoms. The molecule has 1 aromatic rings. The minimum Gasteiger partial charge on any atom is -0.330 e. The number of piperidine rings is 2. The highest BCUT2D eigenvalue weighted by Crippen LogP contribution is 2.32. The average molecular weight is 399 g/mol. The first-order chi connectivity index (χ1) is 14.0. The predicted molar refractivity (Wildman–Crippen MR) is 109 cm³/mol. The molecule has 2 saturated heterocycles. The number of rotatable bonds is 5. The SMILES string of the molecule is CC1CC(CCN)CCN1Cc1cccc2c1CN(C1CCC(=O)NC1=O)C2=O. The van der Waals surface area contributed by atoms with E-state index in [2.05, 4.69) is 23.2 Å². The molecule has 3 aliphatic rings. The number of nitrogens with one attached hydrogen (secondary N) is 1. The Hall–Kier alpha value is -2.25. The van der Waals surface area contributed by atoms with Crippen LogP contribution in [-0.4, -0.2) is 52.7 Å². The van der Waals surface area contributed by atoms with Crippen molar-refractivity contribution in [1.29, 1.82) is 0 Å². The van der Waals surface area contributed by atoms with Crippen molar-refractivity contribution in [2.45, 2.75) is 64.2 Å². The van der Waals surface area contributed by atoms with Crippen molar-refractivity contribution in [3.63, 3.8) is 0 Å². The number of carbonyl (C=O) groups excluding carboxylic acids is 3. The summed E-state index contributed by atoms with van der Waals surface area (Å²) in [5, 5.41) is 2.37. The second-order valence-electron chi connectivity index (χ2n) is 8.63. The smallest absolute Gasteiger partial charge is 0.255 e. The molecule has 3 N–H and O–H groups in total. The number of amides is 3. The zero-order valence-electron chi connectivity index (χ0n) is 17.0. The van der Waals surface area contributed by atoms with Gasteiger partial charge in [-0.1, -0.05) is 12.1 Å². The number of carbonyl (C=O) groups is 3. The van der Waals surface area contributed by atoms with Gasteiger partial charge in [0.15, 0.2) is 0 Å². The fourth-order valence-electron chi connectivity index (χ4n) is 5.07. The van der Waals surface area contributed by atoms with Gasteiger partial charge in [0, 0.05) is 31.1 Å². The van der Waals surface area contributed by atoms with Gasteiger partial charge in [0.2, 0.25) is 11.8 Å². The van der Waals surface area contributed by atoms with E-state index in [-0.39, 0.29) is 24.1 Å². The van der Waals surface area contributed by atoms with E-state index in [0.29, 0.717) is 30.5 Å². The van der Waals surface area contributed by atoms with Gasteiger partial charge in [-0.2, -0.15) is 0 Å².